The zero-order valence-electron chi connectivity index (χ0n) is 11.6. The minimum Gasteiger partial charge on any atom is -0.315 e. The van der Waals surface area contributed by atoms with Crippen LogP contribution >= 0.6 is 0 Å². The van der Waals surface area contributed by atoms with Crippen molar-refractivity contribution >= 4 is 0 Å². The summed E-state index contributed by atoms with van der Waals surface area (Å²) in [6.45, 7) is 6.69. The second kappa shape index (κ2) is 7.46. The molecule has 2 heteroatoms. The largest absolute Gasteiger partial charge is 0.315 e. The molecule has 1 aromatic rings. The summed E-state index contributed by atoms with van der Waals surface area (Å²) in [5.41, 5.74) is 1.38. The van der Waals surface area contributed by atoms with E-state index in [1.165, 1.54) is 12.0 Å². The lowest BCUT2D eigenvalue weighted by Crippen LogP contribution is -2.41. The Balaban J connectivity index is 2.45. The van der Waals surface area contributed by atoms with Crippen molar-refractivity contribution in [3.63, 3.8) is 0 Å². The van der Waals surface area contributed by atoms with Crippen LogP contribution in [0.2, 0.25) is 0 Å². The lowest BCUT2D eigenvalue weighted by Gasteiger charge is -2.28. The summed E-state index contributed by atoms with van der Waals surface area (Å²) in [5, 5.41) is 3.43. The Morgan fingerprint density at radius 3 is 2.41 bits per heavy atom. The summed E-state index contributed by atoms with van der Waals surface area (Å²) in [6.07, 6.45) is 1.23. The van der Waals surface area contributed by atoms with Gasteiger partial charge < -0.3 is 10.2 Å². The molecule has 1 N–H and O–H groups in total. The Hall–Kier alpha value is -0.860. The second-order valence-electron chi connectivity index (χ2n) is 4.96. The van der Waals surface area contributed by atoms with Gasteiger partial charge in [-0.1, -0.05) is 50.6 Å². The molecule has 0 aromatic heterocycles. The molecule has 96 valence electrons. The summed E-state index contributed by atoms with van der Waals surface area (Å²) < 4.78 is 0. The predicted octanol–water partition coefficient (Wildman–Crippen LogP) is 2.75. The average molecular weight is 234 g/mol. The SMILES string of the molecule is CCC(C)C(CN(C)Cc1ccccc1)NC. The molecule has 0 aliphatic rings. The van der Waals surface area contributed by atoms with Crippen LogP contribution in [0.1, 0.15) is 25.8 Å². The zero-order valence-corrected chi connectivity index (χ0v) is 11.6. The number of benzene rings is 1. The summed E-state index contributed by atoms with van der Waals surface area (Å²) in [7, 11) is 4.26. The van der Waals surface area contributed by atoms with E-state index in [9.17, 15) is 0 Å². The van der Waals surface area contributed by atoms with E-state index >= 15 is 0 Å². The molecule has 1 rings (SSSR count). The fraction of sp³-hybridized carbons (Fsp3) is 0.600. The van der Waals surface area contributed by atoms with E-state index in [1.807, 2.05) is 0 Å². The Morgan fingerprint density at radius 1 is 1.24 bits per heavy atom. The van der Waals surface area contributed by atoms with Gasteiger partial charge in [0.1, 0.15) is 0 Å². The van der Waals surface area contributed by atoms with E-state index in [4.69, 9.17) is 0 Å². The maximum Gasteiger partial charge on any atom is 0.0231 e. The van der Waals surface area contributed by atoms with Gasteiger partial charge in [-0.25, -0.2) is 0 Å². The van der Waals surface area contributed by atoms with Gasteiger partial charge in [-0.15, -0.1) is 0 Å². The number of hydrogen-bond acceptors (Lipinski definition) is 2. The molecular weight excluding hydrogens is 208 g/mol. The fourth-order valence-corrected chi connectivity index (χ4v) is 2.14. The lowest BCUT2D eigenvalue weighted by molar-refractivity contribution is 0.246. The molecule has 0 saturated carbocycles. The Morgan fingerprint density at radius 2 is 1.88 bits per heavy atom. The van der Waals surface area contributed by atoms with Crippen molar-refractivity contribution in [1.29, 1.82) is 0 Å². The average Bonchev–Trinajstić information content (AvgIpc) is 2.36. The van der Waals surface area contributed by atoms with Gasteiger partial charge in [0.25, 0.3) is 0 Å². The van der Waals surface area contributed by atoms with Crippen LogP contribution in [0.5, 0.6) is 0 Å². The third-order valence-corrected chi connectivity index (χ3v) is 3.51. The van der Waals surface area contributed by atoms with Crippen molar-refractivity contribution in [3.8, 4) is 0 Å². The first-order chi connectivity index (χ1) is 8.17. The molecule has 0 amide bonds. The zero-order chi connectivity index (χ0) is 12.7. The molecule has 0 bridgehead atoms. The molecule has 0 fully saturated rings. The maximum absolute atomic E-state index is 3.43. The predicted molar refractivity (Wildman–Crippen MR) is 75.1 cm³/mol. The highest BCUT2D eigenvalue weighted by Crippen LogP contribution is 2.10. The number of nitrogens with one attached hydrogen (secondary N) is 1. The van der Waals surface area contributed by atoms with Crippen molar-refractivity contribution in [2.24, 2.45) is 5.92 Å². The van der Waals surface area contributed by atoms with E-state index < -0.39 is 0 Å². The monoisotopic (exact) mass is 234 g/mol. The van der Waals surface area contributed by atoms with Crippen LogP contribution in [-0.4, -0.2) is 31.6 Å². The summed E-state index contributed by atoms with van der Waals surface area (Å²) in [4.78, 5) is 2.39. The minimum atomic E-state index is 0.578. The Kier molecular flexibility index (Phi) is 6.23. The van der Waals surface area contributed by atoms with E-state index in [0.717, 1.165) is 19.0 Å². The molecule has 17 heavy (non-hydrogen) atoms. The molecular formula is C15H26N2. The van der Waals surface area contributed by atoms with Gasteiger partial charge in [0.05, 0.1) is 0 Å². The van der Waals surface area contributed by atoms with Crippen LogP contribution in [0.4, 0.5) is 0 Å². The van der Waals surface area contributed by atoms with Gasteiger partial charge in [-0.3, -0.25) is 0 Å². The molecule has 0 aliphatic heterocycles. The summed E-state index contributed by atoms with van der Waals surface area (Å²) in [6, 6.07) is 11.2. The van der Waals surface area contributed by atoms with Crippen molar-refractivity contribution in [1.82, 2.24) is 10.2 Å². The van der Waals surface area contributed by atoms with Crippen LogP contribution < -0.4 is 5.32 Å². The smallest absolute Gasteiger partial charge is 0.0231 e. The molecule has 0 aliphatic carbocycles. The summed E-state index contributed by atoms with van der Waals surface area (Å²) >= 11 is 0. The lowest BCUT2D eigenvalue weighted by atomic mass is 9.99. The molecule has 0 heterocycles. The highest BCUT2D eigenvalue weighted by atomic mass is 15.1. The normalized spacial score (nSPS) is 14.9. The van der Waals surface area contributed by atoms with Crippen molar-refractivity contribution in [2.45, 2.75) is 32.9 Å². The number of hydrogen-bond donors (Lipinski definition) is 1. The quantitative estimate of drug-likeness (QED) is 0.780. The van der Waals surface area contributed by atoms with Crippen molar-refractivity contribution in [2.75, 3.05) is 20.6 Å². The second-order valence-corrected chi connectivity index (χ2v) is 4.96. The van der Waals surface area contributed by atoms with E-state index in [-0.39, 0.29) is 0 Å². The third kappa shape index (κ3) is 4.88. The first-order valence-electron chi connectivity index (χ1n) is 6.57. The Labute approximate surface area is 106 Å². The van der Waals surface area contributed by atoms with E-state index in [2.05, 4.69) is 68.5 Å². The Bertz CT molecular complexity index is 297. The van der Waals surface area contributed by atoms with Crippen LogP contribution in [0.3, 0.4) is 0 Å². The molecule has 2 unspecified atom stereocenters. The van der Waals surface area contributed by atoms with Crippen molar-refractivity contribution in [3.05, 3.63) is 35.9 Å². The molecule has 2 atom stereocenters. The highest BCUT2D eigenvalue weighted by Gasteiger charge is 2.15. The van der Waals surface area contributed by atoms with Crippen molar-refractivity contribution < 1.29 is 0 Å². The van der Waals surface area contributed by atoms with Crippen LogP contribution in [0.25, 0.3) is 0 Å². The van der Waals surface area contributed by atoms with Gasteiger partial charge in [0.2, 0.25) is 0 Å². The summed E-state index contributed by atoms with van der Waals surface area (Å²) in [5.74, 6) is 0.721. The number of nitrogens with zero attached hydrogens (tertiary/aromatic N) is 1. The van der Waals surface area contributed by atoms with Crippen LogP contribution in [0, 0.1) is 5.92 Å². The number of likely N-dealkylation sites (N-methyl/N-ethyl adjacent to an activating group) is 2. The first kappa shape index (κ1) is 14.2. The third-order valence-electron chi connectivity index (χ3n) is 3.51. The maximum atomic E-state index is 3.43. The molecule has 0 spiro atoms. The first-order valence-corrected chi connectivity index (χ1v) is 6.57. The number of rotatable bonds is 7. The van der Waals surface area contributed by atoms with Gasteiger partial charge >= 0.3 is 0 Å². The van der Waals surface area contributed by atoms with Gasteiger partial charge in [0, 0.05) is 19.1 Å². The topological polar surface area (TPSA) is 15.3 Å². The van der Waals surface area contributed by atoms with Gasteiger partial charge in [-0.05, 0) is 25.6 Å². The fourth-order valence-electron chi connectivity index (χ4n) is 2.14. The molecule has 0 saturated heterocycles. The molecule has 2 nitrogen and oxygen atoms in total. The van der Waals surface area contributed by atoms with E-state index in [0.29, 0.717) is 6.04 Å². The van der Waals surface area contributed by atoms with E-state index in [1.54, 1.807) is 0 Å². The van der Waals surface area contributed by atoms with Gasteiger partial charge in [0.15, 0.2) is 0 Å². The highest BCUT2D eigenvalue weighted by molar-refractivity contribution is 5.14. The van der Waals surface area contributed by atoms with Crippen LogP contribution in [-0.2, 0) is 6.54 Å². The van der Waals surface area contributed by atoms with Gasteiger partial charge in [-0.2, -0.15) is 0 Å². The minimum absolute atomic E-state index is 0.578. The standard InChI is InChI=1S/C15H26N2/c1-5-13(2)15(16-3)12-17(4)11-14-9-7-6-8-10-14/h6-10,13,15-16H,5,11-12H2,1-4H3. The van der Waals surface area contributed by atoms with Crippen LogP contribution in [0.15, 0.2) is 30.3 Å². The molecule has 1 aromatic carbocycles. The molecule has 0 radical (unpaired) electrons.